The van der Waals surface area contributed by atoms with E-state index in [1.54, 1.807) is 23.1 Å². The van der Waals surface area contributed by atoms with E-state index in [0.29, 0.717) is 40.5 Å². The number of nitrogens with zero attached hydrogens (tertiary/aromatic N) is 3. The average molecular weight is 540 g/mol. The van der Waals surface area contributed by atoms with Crippen LogP contribution in [0.3, 0.4) is 0 Å². The molecule has 192 valence electrons. The second-order valence-corrected chi connectivity index (χ2v) is 11.8. The smallest absolute Gasteiger partial charge is 0.243 e. The van der Waals surface area contributed by atoms with Crippen LogP contribution < -0.4 is 9.64 Å². The first kappa shape index (κ1) is 25.3. The van der Waals surface area contributed by atoms with Gasteiger partial charge in [0, 0.05) is 13.1 Å². The highest BCUT2D eigenvalue weighted by atomic mass is 32.2. The lowest BCUT2D eigenvalue weighted by Crippen LogP contribution is -2.46. The first-order chi connectivity index (χ1) is 17.8. The molecule has 0 radical (unpaired) electrons. The predicted molar refractivity (Wildman–Crippen MR) is 142 cm³/mol. The quantitative estimate of drug-likeness (QED) is 0.327. The van der Waals surface area contributed by atoms with Gasteiger partial charge in [-0.15, -0.1) is 0 Å². The largest absolute Gasteiger partial charge is 0.497 e. The van der Waals surface area contributed by atoms with Gasteiger partial charge >= 0.3 is 0 Å². The van der Waals surface area contributed by atoms with Crippen molar-refractivity contribution in [1.82, 2.24) is 9.29 Å². The number of piperidine rings is 1. The molecule has 0 bridgehead atoms. The van der Waals surface area contributed by atoms with Gasteiger partial charge in [-0.1, -0.05) is 41.7 Å². The molecule has 0 saturated carbocycles. The van der Waals surface area contributed by atoms with Crippen LogP contribution in [0.4, 0.5) is 9.52 Å². The summed E-state index contributed by atoms with van der Waals surface area (Å²) in [5, 5.41) is 0.463. The number of benzene rings is 3. The zero-order chi connectivity index (χ0) is 26.0. The molecule has 0 aliphatic carbocycles. The Morgan fingerprint density at radius 2 is 1.89 bits per heavy atom. The van der Waals surface area contributed by atoms with Crippen LogP contribution in [0.25, 0.3) is 10.2 Å². The molecule has 10 heteroatoms. The van der Waals surface area contributed by atoms with Gasteiger partial charge in [-0.3, -0.25) is 9.69 Å². The van der Waals surface area contributed by atoms with Gasteiger partial charge in [0.25, 0.3) is 0 Å². The average Bonchev–Trinajstić information content (AvgIpc) is 3.35. The van der Waals surface area contributed by atoms with Gasteiger partial charge in [-0.2, -0.15) is 4.31 Å². The van der Waals surface area contributed by atoms with Gasteiger partial charge in [0.2, 0.25) is 15.9 Å². The molecule has 1 aromatic heterocycles. The number of fused-ring (bicyclic) bond motifs is 1. The van der Waals surface area contributed by atoms with Crippen molar-refractivity contribution in [2.45, 2.75) is 24.3 Å². The molecular weight excluding hydrogens is 513 g/mol. The number of aromatic nitrogens is 1. The molecule has 0 spiro atoms. The Morgan fingerprint density at radius 1 is 1.14 bits per heavy atom. The molecule has 1 saturated heterocycles. The highest BCUT2D eigenvalue weighted by Crippen LogP contribution is 2.33. The van der Waals surface area contributed by atoms with E-state index in [-0.39, 0.29) is 29.7 Å². The summed E-state index contributed by atoms with van der Waals surface area (Å²) in [6.45, 7) is 0.707. The number of ether oxygens (including phenoxy) is 1. The van der Waals surface area contributed by atoms with Crippen molar-refractivity contribution < 1.29 is 22.3 Å². The second kappa shape index (κ2) is 10.6. The van der Waals surface area contributed by atoms with Crippen LogP contribution in [-0.4, -0.2) is 43.8 Å². The van der Waals surface area contributed by atoms with Gasteiger partial charge in [-0.25, -0.2) is 17.8 Å². The van der Waals surface area contributed by atoms with Crippen LogP contribution in [0.2, 0.25) is 0 Å². The summed E-state index contributed by atoms with van der Waals surface area (Å²) in [6.07, 6.45) is 1.13. The Bertz CT molecular complexity index is 1510. The Labute approximate surface area is 219 Å². The lowest BCUT2D eigenvalue weighted by atomic mass is 9.98. The fraction of sp³-hybridized carbons (Fsp3) is 0.259. The van der Waals surface area contributed by atoms with Crippen LogP contribution in [0.15, 0.2) is 77.7 Å². The number of hydrogen-bond donors (Lipinski definition) is 0. The van der Waals surface area contributed by atoms with E-state index < -0.39 is 15.9 Å². The molecule has 37 heavy (non-hydrogen) atoms. The maximum Gasteiger partial charge on any atom is 0.243 e. The van der Waals surface area contributed by atoms with Gasteiger partial charge in [0.05, 0.1) is 34.7 Å². The van der Waals surface area contributed by atoms with Crippen LogP contribution in [-0.2, 0) is 21.4 Å². The molecule has 1 unspecified atom stereocenters. The normalized spacial score (nSPS) is 16.5. The van der Waals surface area contributed by atoms with Crippen molar-refractivity contribution >= 4 is 42.6 Å². The molecule has 1 aliphatic rings. The maximum absolute atomic E-state index is 13.9. The summed E-state index contributed by atoms with van der Waals surface area (Å²) in [5.74, 6) is -0.527. The number of methoxy groups -OCH3 is 1. The molecule has 4 aromatic rings. The molecule has 0 N–H and O–H groups in total. The number of amides is 1. The lowest BCUT2D eigenvalue weighted by Gasteiger charge is -2.33. The van der Waals surface area contributed by atoms with Crippen LogP contribution in [0, 0.1) is 11.7 Å². The zero-order valence-corrected chi connectivity index (χ0v) is 21.8. The fourth-order valence-electron chi connectivity index (χ4n) is 4.49. The minimum Gasteiger partial charge on any atom is -0.497 e. The number of hydrogen-bond acceptors (Lipinski definition) is 6. The number of sulfonamides is 1. The standard InChI is InChI=1S/C27H26FN3O4S2/c1-35-22-10-12-23(13-11-22)37(33,34)30-15-5-8-20(18-30)26(32)31(17-19-6-3-2-4-7-19)27-29-24-14-9-21(28)16-25(24)36-27/h2-4,6-7,9-14,16,20H,5,8,15,17-18H2,1H3. The summed E-state index contributed by atoms with van der Waals surface area (Å²) >= 11 is 1.25. The van der Waals surface area contributed by atoms with Crippen molar-refractivity contribution in [1.29, 1.82) is 0 Å². The molecule has 1 amide bonds. The van der Waals surface area contributed by atoms with E-state index in [4.69, 9.17) is 4.74 Å². The minimum atomic E-state index is -3.78. The Kier molecular flexibility index (Phi) is 7.23. The number of halogens is 1. The van der Waals surface area contributed by atoms with Gasteiger partial charge < -0.3 is 4.74 Å². The number of carbonyl (C=O) groups excluding carboxylic acids is 1. The SMILES string of the molecule is COc1ccc(S(=O)(=O)N2CCCC(C(=O)N(Cc3ccccc3)c3nc4ccc(F)cc4s3)C2)cc1. The van der Waals surface area contributed by atoms with Gasteiger partial charge in [0.1, 0.15) is 11.6 Å². The van der Waals surface area contributed by atoms with Crippen LogP contribution in [0.5, 0.6) is 5.75 Å². The van der Waals surface area contributed by atoms with E-state index in [0.717, 1.165) is 5.56 Å². The summed E-state index contributed by atoms with van der Waals surface area (Å²) in [7, 11) is -2.25. The van der Waals surface area contributed by atoms with Crippen molar-refractivity contribution in [3.63, 3.8) is 0 Å². The lowest BCUT2D eigenvalue weighted by molar-refractivity contribution is -0.123. The molecule has 1 atom stereocenters. The van der Waals surface area contributed by atoms with E-state index in [2.05, 4.69) is 4.98 Å². The summed E-state index contributed by atoms with van der Waals surface area (Å²) < 4.78 is 47.7. The monoisotopic (exact) mass is 539 g/mol. The first-order valence-electron chi connectivity index (χ1n) is 11.9. The highest BCUT2D eigenvalue weighted by Gasteiger charge is 2.36. The molecule has 1 aliphatic heterocycles. The number of carbonyl (C=O) groups is 1. The number of thiazole rings is 1. The Balaban J connectivity index is 1.43. The Hall–Kier alpha value is -3.34. The topological polar surface area (TPSA) is 79.8 Å². The van der Waals surface area contributed by atoms with Crippen molar-refractivity contribution in [3.8, 4) is 5.75 Å². The highest BCUT2D eigenvalue weighted by molar-refractivity contribution is 7.89. The molecular formula is C27H26FN3O4S2. The zero-order valence-electron chi connectivity index (χ0n) is 20.2. The van der Waals surface area contributed by atoms with Crippen molar-refractivity contribution in [2.75, 3.05) is 25.1 Å². The van der Waals surface area contributed by atoms with E-state index in [9.17, 15) is 17.6 Å². The van der Waals surface area contributed by atoms with Crippen molar-refractivity contribution in [2.24, 2.45) is 5.92 Å². The molecule has 1 fully saturated rings. The van der Waals surface area contributed by atoms with Crippen molar-refractivity contribution in [3.05, 3.63) is 84.2 Å². The van der Waals surface area contributed by atoms with Gasteiger partial charge in [-0.05, 0) is 60.9 Å². The van der Waals surface area contributed by atoms with E-state index >= 15 is 0 Å². The maximum atomic E-state index is 13.9. The third kappa shape index (κ3) is 5.36. The second-order valence-electron chi connectivity index (χ2n) is 8.90. The summed E-state index contributed by atoms with van der Waals surface area (Å²) in [5.41, 5.74) is 1.53. The van der Waals surface area contributed by atoms with Gasteiger partial charge in [0.15, 0.2) is 5.13 Å². The van der Waals surface area contributed by atoms with Crippen LogP contribution >= 0.6 is 11.3 Å². The molecule has 3 aromatic carbocycles. The van der Waals surface area contributed by atoms with E-state index in [1.807, 2.05) is 30.3 Å². The number of rotatable bonds is 7. The summed E-state index contributed by atoms with van der Waals surface area (Å²) in [6, 6.07) is 20.1. The third-order valence-electron chi connectivity index (χ3n) is 6.45. The molecule has 5 rings (SSSR count). The third-order valence-corrected chi connectivity index (χ3v) is 9.37. The predicted octanol–water partition coefficient (Wildman–Crippen LogP) is 5.08. The first-order valence-corrected chi connectivity index (χ1v) is 14.2. The Morgan fingerprint density at radius 3 is 2.62 bits per heavy atom. The van der Waals surface area contributed by atoms with E-state index in [1.165, 1.54) is 47.0 Å². The molecule has 7 nitrogen and oxygen atoms in total. The fourth-order valence-corrected chi connectivity index (χ4v) is 7.01. The minimum absolute atomic E-state index is 0.0814. The van der Waals surface area contributed by atoms with Crippen LogP contribution in [0.1, 0.15) is 18.4 Å². The number of anilines is 1. The summed E-state index contributed by atoms with van der Waals surface area (Å²) in [4.78, 5) is 20.3. The molecule has 2 heterocycles.